The summed E-state index contributed by atoms with van der Waals surface area (Å²) in [4.78, 5) is 3.98. The Labute approximate surface area is 140 Å². The Morgan fingerprint density at radius 1 is 1.08 bits per heavy atom. The van der Waals surface area contributed by atoms with Crippen molar-refractivity contribution >= 4 is 28.2 Å². The van der Waals surface area contributed by atoms with E-state index in [2.05, 4.69) is 4.98 Å². The average Bonchev–Trinajstić information content (AvgIpc) is 2.55. The van der Waals surface area contributed by atoms with Crippen molar-refractivity contribution in [3.63, 3.8) is 0 Å². The van der Waals surface area contributed by atoms with Gasteiger partial charge in [-0.15, -0.1) is 0 Å². The molecule has 0 saturated carbocycles. The average molecular weight is 353 g/mol. The van der Waals surface area contributed by atoms with Crippen LogP contribution in [0.3, 0.4) is 0 Å². The lowest BCUT2D eigenvalue weighted by Gasteiger charge is -2.14. The lowest BCUT2D eigenvalue weighted by atomic mass is 9.98. The minimum absolute atomic E-state index is 0.0346. The number of nitrogen functional groups attached to an aromatic ring is 1. The molecule has 2 aromatic carbocycles. The number of fused-ring (bicyclic) bond motifs is 1. The zero-order valence-corrected chi connectivity index (χ0v) is 13.2. The number of benzene rings is 2. The van der Waals surface area contributed by atoms with Crippen molar-refractivity contribution in [1.82, 2.24) is 4.98 Å². The Kier molecular flexibility index (Phi) is 4.01. The second-order valence-electron chi connectivity index (χ2n) is 5.15. The fraction of sp³-hybridized carbons (Fsp3) is 0.118. The minimum atomic E-state index is -4.45. The van der Waals surface area contributed by atoms with Crippen LogP contribution in [0.2, 0.25) is 5.15 Å². The Morgan fingerprint density at radius 3 is 2.33 bits per heavy atom. The molecule has 1 aromatic heterocycles. The molecular weight excluding hydrogens is 341 g/mol. The summed E-state index contributed by atoms with van der Waals surface area (Å²) in [5.41, 5.74) is 6.84. The number of aromatic nitrogens is 1. The highest BCUT2D eigenvalue weighted by Gasteiger charge is 2.31. The van der Waals surface area contributed by atoms with Crippen LogP contribution in [0.5, 0.6) is 5.75 Å². The van der Waals surface area contributed by atoms with Crippen molar-refractivity contribution in [2.24, 2.45) is 0 Å². The van der Waals surface area contributed by atoms with Gasteiger partial charge in [-0.1, -0.05) is 29.8 Å². The van der Waals surface area contributed by atoms with Crippen molar-refractivity contribution in [3.05, 3.63) is 53.2 Å². The molecule has 124 valence electrons. The highest BCUT2D eigenvalue weighted by Crippen LogP contribution is 2.39. The SMILES string of the molecule is COc1ccc(-c2c(N)c(Cl)nc3cc(C(F)(F)F)ccc23)cc1. The number of hydrogen-bond donors (Lipinski definition) is 1. The molecular formula is C17H12ClF3N2O. The van der Waals surface area contributed by atoms with Crippen LogP contribution in [-0.2, 0) is 6.18 Å². The standard InChI is InChI=1S/C17H12ClF3N2O/c1-24-11-5-2-9(3-6-11)14-12-7-4-10(17(19,20)21)8-13(12)23-16(18)15(14)22/h2-8H,22H2,1H3. The number of alkyl halides is 3. The zero-order chi connectivity index (χ0) is 17.5. The van der Waals surface area contributed by atoms with E-state index in [1.165, 1.54) is 6.07 Å². The molecule has 3 aromatic rings. The van der Waals surface area contributed by atoms with Gasteiger partial charge in [0.25, 0.3) is 0 Å². The molecule has 3 rings (SSSR count). The zero-order valence-electron chi connectivity index (χ0n) is 12.5. The van der Waals surface area contributed by atoms with E-state index in [0.29, 0.717) is 22.3 Å². The highest BCUT2D eigenvalue weighted by atomic mass is 35.5. The van der Waals surface area contributed by atoms with E-state index in [1.54, 1.807) is 31.4 Å². The fourth-order valence-corrected chi connectivity index (χ4v) is 2.68. The summed E-state index contributed by atoms with van der Waals surface area (Å²) in [5, 5.41) is 0.461. The largest absolute Gasteiger partial charge is 0.497 e. The van der Waals surface area contributed by atoms with E-state index in [-0.39, 0.29) is 16.4 Å². The summed E-state index contributed by atoms with van der Waals surface area (Å²) >= 11 is 6.03. The maximum absolute atomic E-state index is 12.9. The van der Waals surface area contributed by atoms with Crippen LogP contribution in [0, 0.1) is 0 Å². The molecule has 3 nitrogen and oxygen atoms in total. The van der Waals surface area contributed by atoms with E-state index in [4.69, 9.17) is 22.1 Å². The van der Waals surface area contributed by atoms with Gasteiger partial charge in [0, 0.05) is 10.9 Å². The van der Waals surface area contributed by atoms with Gasteiger partial charge < -0.3 is 10.5 Å². The first kappa shape index (κ1) is 16.4. The monoisotopic (exact) mass is 352 g/mol. The Hall–Kier alpha value is -2.47. The molecule has 0 fully saturated rings. The second-order valence-corrected chi connectivity index (χ2v) is 5.51. The van der Waals surface area contributed by atoms with Crippen LogP contribution in [0.4, 0.5) is 18.9 Å². The number of halogens is 4. The summed E-state index contributed by atoms with van der Waals surface area (Å²) in [5.74, 6) is 0.654. The predicted molar refractivity (Wildman–Crippen MR) is 88.2 cm³/mol. The summed E-state index contributed by atoms with van der Waals surface area (Å²) in [7, 11) is 1.54. The molecule has 0 atom stereocenters. The van der Waals surface area contributed by atoms with Gasteiger partial charge in [-0.3, -0.25) is 0 Å². The molecule has 0 saturated heterocycles. The van der Waals surface area contributed by atoms with Crippen LogP contribution < -0.4 is 10.5 Å². The van der Waals surface area contributed by atoms with Crippen LogP contribution in [0.1, 0.15) is 5.56 Å². The van der Waals surface area contributed by atoms with Crippen LogP contribution in [0.25, 0.3) is 22.0 Å². The third-order valence-corrected chi connectivity index (χ3v) is 3.97. The van der Waals surface area contributed by atoms with Gasteiger partial charge in [0.1, 0.15) is 5.75 Å². The van der Waals surface area contributed by atoms with E-state index in [1.807, 2.05) is 0 Å². The van der Waals surface area contributed by atoms with Crippen molar-refractivity contribution < 1.29 is 17.9 Å². The van der Waals surface area contributed by atoms with Crippen molar-refractivity contribution in [3.8, 4) is 16.9 Å². The highest BCUT2D eigenvalue weighted by molar-refractivity contribution is 6.33. The smallest absolute Gasteiger partial charge is 0.416 e. The van der Waals surface area contributed by atoms with Crippen molar-refractivity contribution in [2.75, 3.05) is 12.8 Å². The summed E-state index contributed by atoms with van der Waals surface area (Å²) < 4.78 is 43.8. The quantitative estimate of drug-likeness (QED) is 0.648. The molecule has 0 unspecified atom stereocenters. The van der Waals surface area contributed by atoms with E-state index in [9.17, 15) is 13.2 Å². The molecule has 7 heteroatoms. The second kappa shape index (κ2) is 5.87. The number of ether oxygens (including phenoxy) is 1. The number of methoxy groups -OCH3 is 1. The summed E-state index contributed by atoms with van der Waals surface area (Å²) in [6.45, 7) is 0. The van der Waals surface area contributed by atoms with Gasteiger partial charge in [-0.25, -0.2) is 4.98 Å². The molecule has 0 aliphatic rings. The molecule has 24 heavy (non-hydrogen) atoms. The van der Waals surface area contributed by atoms with Crippen molar-refractivity contribution in [1.29, 1.82) is 0 Å². The van der Waals surface area contributed by atoms with Gasteiger partial charge in [-0.05, 0) is 29.8 Å². The molecule has 0 spiro atoms. The topological polar surface area (TPSA) is 48.1 Å². The molecule has 0 aliphatic carbocycles. The predicted octanol–water partition coefficient (Wildman–Crippen LogP) is 5.16. The maximum atomic E-state index is 12.9. The molecule has 1 heterocycles. The number of nitrogens with two attached hydrogens (primary N) is 1. The van der Waals surface area contributed by atoms with Gasteiger partial charge >= 0.3 is 6.18 Å². The summed E-state index contributed by atoms with van der Waals surface area (Å²) in [6.07, 6.45) is -4.45. The lowest BCUT2D eigenvalue weighted by Crippen LogP contribution is -2.05. The summed E-state index contributed by atoms with van der Waals surface area (Å²) in [6, 6.07) is 10.3. The van der Waals surface area contributed by atoms with Crippen LogP contribution >= 0.6 is 11.6 Å². The fourth-order valence-electron chi connectivity index (χ4n) is 2.49. The first-order valence-electron chi connectivity index (χ1n) is 6.91. The third kappa shape index (κ3) is 2.85. The molecule has 0 aliphatic heterocycles. The number of pyridine rings is 1. The maximum Gasteiger partial charge on any atom is 0.416 e. The number of hydrogen-bond acceptors (Lipinski definition) is 3. The molecule has 2 N–H and O–H groups in total. The minimum Gasteiger partial charge on any atom is -0.497 e. The van der Waals surface area contributed by atoms with Crippen molar-refractivity contribution in [2.45, 2.75) is 6.18 Å². The first-order valence-corrected chi connectivity index (χ1v) is 7.29. The Morgan fingerprint density at radius 2 is 1.75 bits per heavy atom. The van der Waals surface area contributed by atoms with Gasteiger partial charge in [0.2, 0.25) is 0 Å². The Bertz CT molecular complexity index is 908. The molecule has 0 bridgehead atoms. The number of anilines is 1. The van der Waals surface area contributed by atoms with E-state index in [0.717, 1.165) is 12.1 Å². The third-order valence-electron chi connectivity index (χ3n) is 3.68. The molecule has 0 radical (unpaired) electrons. The normalized spacial score (nSPS) is 11.7. The first-order chi connectivity index (χ1) is 11.3. The van der Waals surface area contributed by atoms with Crippen LogP contribution in [0.15, 0.2) is 42.5 Å². The lowest BCUT2D eigenvalue weighted by molar-refractivity contribution is -0.137. The molecule has 0 amide bonds. The van der Waals surface area contributed by atoms with Gasteiger partial charge in [-0.2, -0.15) is 13.2 Å². The van der Waals surface area contributed by atoms with E-state index >= 15 is 0 Å². The van der Waals surface area contributed by atoms with E-state index < -0.39 is 11.7 Å². The number of nitrogens with zero attached hydrogens (tertiary/aromatic N) is 1. The van der Waals surface area contributed by atoms with Gasteiger partial charge in [0.05, 0.1) is 23.9 Å². The number of rotatable bonds is 2. The van der Waals surface area contributed by atoms with Gasteiger partial charge in [0.15, 0.2) is 5.15 Å². The Balaban J connectivity index is 2.27. The van der Waals surface area contributed by atoms with Crippen LogP contribution in [-0.4, -0.2) is 12.1 Å².